The Morgan fingerprint density at radius 1 is 0.561 bits per heavy atom. The van der Waals surface area contributed by atoms with E-state index in [1.165, 1.54) is 19.3 Å². The SMILES string of the molecule is CN1C(=O)NC(=O)C12Cc1ccc(NC(=O)CN3CCN(c4ccccn4)C3=O)cc1C2.O=C(CN1CC(c2ccccc2)OC1=O)Nc1ccc2c(c1)CC1(C2)NC(=O)NC1=O.O=C(Cn1cc(-c2ccccc2)n(CC2CC2)c1=O)Nc1ccc2c(c1)CC1(C2)NC(=O)NC1=O. The summed E-state index contributed by atoms with van der Waals surface area (Å²) < 4.78 is 8.61. The third kappa shape index (κ3) is 12.5. The number of cyclic esters (lactones) is 1. The first-order valence-corrected chi connectivity index (χ1v) is 32.1. The standard InChI is InChI=1S/C26H25N5O4.C22H22N6O4.C22H20N4O5/c32-22(27-20-9-8-18-11-26(12-19(18)10-20)23(33)28-24(34)29-26)15-30-14-21(17-4-2-1-3-5-17)31(25(30)35)13-16-6-7-16;1-26-20(31)25-19(30)22(26)11-14-5-6-16(10-15(14)12-22)24-18(29)13-27-8-9-28(21(27)32)17-4-2-3-7-23-17;27-18(12-26-11-17(31-21(26)30)13-4-2-1-3-5-13)23-16-7-6-14-9-22(10-15(14)8-16)19(28)24-20(29)25-22/h1-5,8-10,14,16H,6-7,11-13,15H2,(H,27,32)(H2,28,29,33,34);2-7,10H,8-9,11-13H2,1H3,(H,24,29)(H,25,30,31);1-8,17H,9-12H2,(H,23,27)(H2,24,25,28,29). The Labute approximate surface area is 559 Å². The molecular weight excluding hydrogens is 1260 g/mol. The van der Waals surface area contributed by atoms with Crippen molar-refractivity contribution in [2.45, 2.75) is 87.2 Å². The van der Waals surface area contributed by atoms with Crippen LogP contribution in [0.5, 0.6) is 0 Å². The van der Waals surface area contributed by atoms with Gasteiger partial charge < -0.3 is 41.1 Å². The highest BCUT2D eigenvalue weighted by Gasteiger charge is 2.55. The van der Waals surface area contributed by atoms with Crippen LogP contribution in [-0.4, -0.2) is 151 Å². The Hall–Kier alpha value is -12.0. The fourth-order valence-electron chi connectivity index (χ4n) is 14.1. The van der Waals surface area contributed by atoms with E-state index in [0.717, 1.165) is 63.0 Å². The number of nitrogens with zero attached hydrogens (tertiary/aromatic N) is 7. The number of amides is 15. The third-order valence-corrected chi connectivity index (χ3v) is 19.3. The quantitative estimate of drug-likeness (QED) is 0.0695. The number of aromatic nitrogens is 3. The molecule has 4 atom stereocenters. The zero-order valence-corrected chi connectivity index (χ0v) is 53.1. The lowest BCUT2D eigenvalue weighted by Gasteiger charge is -2.27. The minimum absolute atomic E-state index is 0.0666. The average Bonchev–Trinajstić information content (AvgIpc) is 1.59. The summed E-state index contributed by atoms with van der Waals surface area (Å²) in [5.74, 6) is -0.835. The maximum Gasteiger partial charge on any atom is 0.411 e. The summed E-state index contributed by atoms with van der Waals surface area (Å²) >= 11 is 0. The number of fused-ring (bicyclic) bond motifs is 3. The zero-order valence-electron chi connectivity index (χ0n) is 53.1. The number of pyridine rings is 1. The average molecular weight is 1330 g/mol. The van der Waals surface area contributed by atoms with Gasteiger partial charge in [-0.1, -0.05) is 84.9 Å². The van der Waals surface area contributed by atoms with Crippen molar-refractivity contribution < 1.29 is 57.5 Å². The minimum Gasteiger partial charge on any atom is -0.439 e. The predicted octanol–water partition coefficient (Wildman–Crippen LogP) is 4.52. The van der Waals surface area contributed by atoms with Crippen LogP contribution in [0.2, 0.25) is 0 Å². The molecule has 0 radical (unpaired) electrons. The highest BCUT2D eigenvalue weighted by atomic mass is 16.6. The van der Waals surface area contributed by atoms with Crippen LogP contribution in [0.1, 0.15) is 57.9 Å². The van der Waals surface area contributed by atoms with E-state index in [-0.39, 0.29) is 66.8 Å². The number of rotatable bonds is 14. The van der Waals surface area contributed by atoms with Crippen LogP contribution in [0.25, 0.3) is 11.3 Å². The van der Waals surface area contributed by atoms with E-state index >= 15 is 0 Å². The number of nitrogens with one attached hydrogen (secondary N) is 8. The molecule has 7 heterocycles. The molecule has 500 valence electrons. The molecule has 0 bridgehead atoms. The fraction of sp³-hybridized carbons (Fsp3) is 0.300. The Bertz CT molecular complexity index is 4560. The van der Waals surface area contributed by atoms with Crippen LogP contribution >= 0.6 is 0 Å². The second kappa shape index (κ2) is 25.3. The number of anilines is 4. The van der Waals surface area contributed by atoms with Crippen molar-refractivity contribution in [3.05, 3.63) is 195 Å². The van der Waals surface area contributed by atoms with Crippen LogP contribution in [0.15, 0.2) is 151 Å². The zero-order chi connectivity index (χ0) is 68.2. The van der Waals surface area contributed by atoms with Crippen molar-refractivity contribution in [3.63, 3.8) is 0 Å². The molecule has 5 saturated heterocycles. The molecule has 2 aromatic heterocycles. The molecular formula is C70H67N15O13. The van der Waals surface area contributed by atoms with Gasteiger partial charge in [0.25, 0.3) is 17.7 Å². The molecule has 7 aromatic rings. The van der Waals surface area contributed by atoms with Crippen molar-refractivity contribution in [2.24, 2.45) is 5.92 Å². The highest BCUT2D eigenvalue weighted by Crippen LogP contribution is 2.40. The van der Waals surface area contributed by atoms with E-state index in [2.05, 4.69) is 47.5 Å². The predicted molar refractivity (Wildman–Crippen MR) is 353 cm³/mol. The lowest BCUT2D eigenvalue weighted by Crippen LogP contribution is -2.48. The second-order valence-corrected chi connectivity index (χ2v) is 26.0. The summed E-state index contributed by atoms with van der Waals surface area (Å²) in [7, 11) is 1.62. The molecule has 1 saturated carbocycles. The normalized spacial score (nSPS) is 22.2. The van der Waals surface area contributed by atoms with Crippen molar-refractivity contribution in [1.82, 2.24) is 55.4 Å². The van der Waals surface area contributed by atoms with Gasteiger partial charge in [0, 0.05) is 94.7 Å². The molecule has 4 unspecified atom stereocenters. The molecule has 28 heteroatoms. The van der Waals surface area contributed by atoms with Gasteiger partial charge in [-0.15, -0.1) is 0 Å². The Kier molecular flexibility index (Phi) is 16.4. The molecule has 8 N–H and O–H groups in total. The van der Waals surface area contributed by atoms with Crippen molar-refractivity contribution in [1.29, 1.82) is 0 Å². The van der Waals surface area contributed by atoms with Crippen molar-refractivity contribution >= 4 is 88.5 Å². The topological polar surface area (TPSA) is 346 Å². The van der Waals surface area contributed by atoms with Gasteiger partial charge in [0.15, 0.2) is 0 Å². The Balaban J connectivity index is 0.000000126. The molecule has 4 aliphatic carbocycles. The Morgan fingerprint density at radius 2 is 1.08 bits per heavy atom. The lowest BCUT2D eigenvalue weighted by atomic mass is 9.95. The smallest absolute Gasteiger partial charge is 0.411 e. The number of urea groups is 4. The summed E-state index contributed by atoms with van der Waals surface area (Å²) in [4.78, 5) is 158. The summed E-state index contributed by atoms with van der Waals surface area (Å²) in [5, 5.41) is 20.9. The number of likely N-dealkylation sites (N-methyl/N-ethyl adjacent to an activating group) is 1. The number of carbonyl (C=O) groups is 11. The summed E-state index contributed by atoms with van der Waals surface area (Å²) in [6.45, 7) is 1.58. The second-order valence-electron chi connectivity index (χ2n) is 26.0. The number of carbonyl (C=O) groups excluding carboxylic acids is 11. The number of imidazole rings is 1. The molecule has 6 fully saturated rings. The molecule has 5 aliphatic heterocycles. The van der Waals surface area contributed by atoms with E-state index < -0.39 is 46.9 Å². The molecule has 98 heavy (non-hydrogen) atoms. The third-order valence-electron chi connectivity index (χ3n) is 19.3. The van der Waals surface area contributed by atoms with Crippen LogP contribution in [0, 0.1) is 5.92 Å². The fourth-order valence-corrected chi connectivity index (χ4v) is 14.1. The van der Waals surface area contributed by atoms with Gasteiger partial charge in [-0.2, -0.15) is 0 Å². The van der Waals surface area contributed by atoms with Gasteiger partial charge in [0.2, 0.25) is 17.7 Å². The van der Waals surface area contributed by atoms with Gasteiger partial charge in [-0.05, 0) is 112 Å². The van der Waals surface area contributed by atoms with Crippen molar-refractivity contribution in [3.8, 4) is 11.3 Å². The van der Waals surface area contributed by atoms with Gasteiger partial charge in [0.1, 0.15) is 48.2 Å². The summed E-state index contributed by atoms with van der Waals surface area (Å²) in [6, 6.07) is 39.2. The molecule has 9 aliphatic rings. The van der Waals surface area contributed by atoms with E-state index in [1.54, 1.807) is 65.3 Å². The first-order valence-electron chi connectivity index (χ1n) is 32.1. The molecule has 28 nitrogen and oxygen atoms in total. The van der Waals surface area contributed by atoms with Gasteiger partial charge in [0.05, 0.1) is 12.2 Å². The highest BCUT2D eigenvalue weighted by molar-refractivity contribution is 6.10. The van der Waals surface area contributed by atoms with Crippen LogP contribution < -0.4 is 53.1 Å². The maximum atomic E-state index is 13.1. The van der Waals surface area contributed by atoms with Crippen molar-refractivity contribution in [2.75, 3.05) is 60.6 Å². The van der Waals surface area contributed by atoms with Crippen LogP contribution in [0.3, 0.4) is 0 Å². The molecule has 15 amide bonds. The number of hydrogen-bond donors (Lipinski definition) is 8. The maximum absolute atomic E-state index is 13.1. The van der Waals surface area contributed by atoms with Gasteiger partial charge in [-0.3, -0.25) is 63.7 Å². The minimum atomic E-state index is -0.951. The largest absolute Gasteiger partial charge is 0.439 e. The van der Waals surface area contributed by atoms with E-state index in [4.69, 9.17) is 4.74 Å². The lowest BCUT2D eigenvalue weighted by molar-refractivity contribution is -0.126. The number of benzene rings is 5. The number of hydrogen-bond acceptors (Lipinski definition) is 14. The van der Waals surface area contributed by atoms with Crippen LogP contribution in [-0.2, 0) is 85.1 Å². The van der Waals surface area contributed by atoms with E-state index in [0.29, 0.717) is 93.5 Å². The Morgan fingerprint density at radius 3 is 1.61 bits per heavy atom. The monoisotopic (exact) mass is 1330 g/mol. The summed E-state index contributed by atoms with van der Waals surface area (Å²) in [6.07, 6.45) is 7.10. The summed E-state index contributed by atoms with van der Waals surface area (Å²) in [5.41, 5.74) is 6.98. The van der Waals surface area contributed by atoms with E-state index in [9.17, 15) is 57.5 Å². The molecule has 5 aromatic carbocycles. The van der Waals surface area contributed by atoms with Gasteiger partial charge in [-0.25, -0.2) is 33.8 Å². The molecule has 3 spiro atoms. The number of ether oxygens (including phenoxy) is 1. The first kappa shape index (κ1) is 63.4. The number of imide groups is 3. The molecule has 16 rings (SSSR count). The first-order chi connectivity index (χ1) is 47.2. The van der Waals surface area contributed by atoms with Gasteiger partial charge >= 0.3 is 35.9 Å². The van der Waals surface area contributed by atoms with E-state index in [1.807, 2.05) is 97.1 Å². The van der Waals surface area contributed by atoms with Crippen LogP contribution in [0.4, 0.5) is 46.9 Å².